The van der Waals surface area contributed by atoms with Crippen LogP contribution in [0.3, 0.4) is 0 Å². The van der Waals surface area contributed by atoms with Gasteiger partial charge in [0.05, 0.1) is 18.2 Å². The van der Waals surface area contributed by atoms with Crippen LogP contribution in [0.2, 0.25) is 0 Å². The topological polar surface area (TPSA) is 80.2 Å². The lowest BCUT2D eigenvalue weighted by atomic mass is 9.83. The highest BCUT2D eigenvalue weighted by Crippen LogP contribution is 2.54. The van der Waals surface area contributed by atoms with Gasteiger partial charge in [0.2, 0.25) is 0 Å². The van der Waals surface area contributed by atoms with Crippen molar-refractivity contribution in [1.29, 1.82) is 0 Å². The minimum absolute atomic E-state index is 0.0545. The van der Waals surface area contributed by atoms with E-state index in [-0.39, 0.29) is 11.3 Å². The standard InChI is InChI=1S/C27H26N2O4S/c1-14-13-27(3,4)28-18-7-6-17-24(23(14)18)21(12-22-16(10-11-34-22)15(2)29-31)33-20-9-8-19(30)26(32-5)25(17)20/h6-13,15,28,30H,1-5H3/b21-12-. The molecule has 2 N–H and O–H groups in total. The van der Waals surface area contributed by atoms with Crippen LogP contribution in [0.15, 0.2) is 47.0 Å². The first-order valence-corrected chi connectivity index (χ1v) is 12.0. The van der Waals surface area contributed by atoms with Crippen LogP contribution in [-0.2, 0) is 0 Å². The first-order valence-electron chi connectivity index (χ1n) is 11.1. The van der Waals surface area contributed by atoms with Crippen molar-refractivity contribution >= 4 is 34.4 Å². The summed E-state index contributed by atoms with van der Waals surface area (Å²) in [6.45, 7) is 8.16. The maximum absolute atomic E-state index is 11.3. The number of aromatic hydroxyl groups is 1. The molecular weight excluding hydrogens is 448 g/mol. The van der Waals surface area contributed by atoms with Crippen LogP contribution in [0.25, 0.3) is 28.5 Å². The van der Waals surface area contributed by atoms with Crippen LogP contribution in [-0.4, -0.2) is 17.8 Å². The molecule has 3 aromatic rings. The van der Waals surface area contributed by atoms with Crippen LogP contribution in [0.4, 0.5) is 5.69 Å². The van der Waals surface area contributed by atoms with Gasteiger partial charge in [-0.15, -0.1) is 11.3 Å². The first-order chi connectivity index (χ1) is 16.2. The van der Waals surface area contributed by atoms with E-state index in [0.29, 0.717) is 22.8 Å². The number of hydrogen-bond acceptors (Lipinski definition) is 7. The Hall–Kier alpha value is -3.58. The highest BCUT2D eigenvalue weighted by atomic mass is 32.1. The molecule has 2 aliphatic heterocycles. The second-order valence-corrected chi connectivity index (χ2v) is 10.2. The predicted molar refractivity (Wildman–Crippen MR) is 138 cm³/mol. The molecule has 5 rings (SSSR count). The Morgan fingerprint density at radius 3 is 2.71 bits per heavy atom. The number of benzene rings is 2. The van der Waals surface area contributed by atoms with Gasteiger partial charge in [-0.2, -0.15) is 4.91 Å². The Balaban J connectivity index is 1.82. The number of methoxy groups -OCH3 is 1. The summed E-state index contributed by atoms with van der Waals surface area (Å²) in [6, 6.07) is 8.90. The van der Waals surface area contributed by atoms with E-state index in [1.165, 1.54) is 0 Å². The van der Waals surface area contributed by atoms with Gasteiger partial charge < -0.3 is 19.9 Å². The summed E-state index contributed by atoms with van der Waals surface area (Å²) in [5, 5.41) is 19.3. The van der Waals surface area contributed by atoms with Crippen LogP contribution in [0.5, 0.6) is 17.2 Å². The summed E-state index contributed by atoms with van der Waals surface area (Å²) >= 11 is 1.54. The molecule has 1 aromatic heterocycles. The van der Waals surface area contributed by atoms with Gasteiger partial charge in [0, 0.05) is 27.3 Å². The van der Waals surface area contributed by atoms with E-state index in [2.05, 4.69) is 43.4 Å². The minimum atomic E-state index is -0.459. The fourth-order valence-corrected chi connectivity index (χ4v) is 5.83. The van der Waals surface area contributed by atoms with E-state index in [1.54, 1.807) is 37.5 Å². The zero-order valence-electron chi connectivity index (χ0n) is 19.7. The van der Waals surface area contributed by atoms with Crippen molar-refractivity contribution in [3.05, 3.63) is 68.3 Å². The number of rotatable bonds is 4. The van der Waals surface area contributed by atoms with Crippen molar-refractivity contribution in [2.24, 2.45) is 5.18 Å². The number of nitrogens with zero attached hydrogens (tertiary/aromatic N) is 1. The highest BCUT2D eigenvalue weighted by Gasteiger charge is 2.33. The number of anilines is 1. The molecule has 3 heterocycles. The molecule has 0 fully saturated rings. The van der Waals surface area contributed by atoms with Gasteiger partial charge in [-0.3, -0.25) is 0 Å². The SMILES string of the molecule is COc1c(O)ccc2c1-c1ccc3c(c1/C(=C/c1sccc1C(C)N=O)O2)C(C)=CC(C)(C)N3. The molecule has 0 bridgehead atoms. The van der Waals surface area contributed by atoms with Gasteiger partial charge >= 0.3 is 0 Å². The Kier molecular flexibility index (Phi) is 5.24. The van der Waals surface area contributed by atoms with Crippen molar-refractivity contribution in [2.45, 2.75) is 39.3 Å². The van der Waals surface area contributed by atoms with Crippen molar-refractivity contribution in [1.82, 2.24) is 0 Å². The Morgan fingerprint density at radius 2 is 1.97 bits per heavy atom. The number of phenols is 1. The molecule has 0 aliphatic carbocycles. The Labute approximate surface area is 202 Å². The van der Waals surface area contributed by atoms with Crippen LogP contribution in [0.1, 0.15) is 55.3 Å². The van der Waals surface area contributed by atoms with E-state index in [0.717, 1.165) is 38.4 Å². The number of ether oxygens (including phenoxy) is 2. The van der Waals surface area contributed by atoms with E-state index < -0.39 is 6.04 Å². The summed E-state index contributed by atoms with van der Waals surface area (Å²) in [4.78, 5) is 12.2. The van der Waals surface area contributed by atoms with Gasteiger partial charge in [-0.1, -0.05) is 17.3 Å². The van der Waals surface area contributed by atoms with Gasteiger partial charge in [-0.05, 0) is 74.6 Å². The van der Waals surface area contributed by atoms with E-state index in [1.807, 2.05) is 23.6 Å². The monoisotopic (exact) mass is 474 g/mol. The van der Waals surface area contributed by atoms with Crippen LogP contribution < -0.4 is 14.8 Å². The smallest absolute Gasteiger partial charge is 0.172 e. The van der Waals surface area contributed by atoms with Crippen LogP contribution >= 0.6 is 11.3 Å². The number of fused-ring (bicyclic) bond motifs is 5. The maximum Gasteiger partial charge on any atom is 0.172 e. The number of nitrogens with one attached hydrogen (secondary N) is 1. The molecule has 0 spiro atoms. The van der Waals surface area contributed by atoms with E-state index in [9.17, 15) is 10.0 Å². The summed E-state index contributed by atoms with van der Waals surface area (Å²) in [5.41, 5.74) is 6.39. The third-order valence-corrected chi connectivity index (χ3v) is 7.15. The number of allylic oxidation sites excluding steroid dienone is 1. The summed E-state index contributed by atoms with van der Waals surface area (Å²) in [7, 11) is 1.54. The predicted octanol–water partition coefficient (Wildman–Crippen LogP) is 7.45. The van der Waals surface area contributed by atoms with Crippen molar-refractivity contribution in [3.63, 3.8) is 0 Å². The average molecular weight is 475 g/mol. The van der Waals surface area contributed by atoms with E-state index >= 15 is 0 Å². The van der Waals surface area contributed by atoms with Crippen LogP contribution in [0, 0.1) is 4.91 Å². The fraction of sp³-hybridized carbons (Fsp3) is 0.259. The summed E-state index contributed by atoms with van der Waals surface area (Å²) in [6.07, 6.45) is 4.19. The molecular formula is C27H26N2O4S. The number of thiophene rings is 1. The molecule has 2 aromatic carbocycles. The van der Waals surface area contributed by atoms with Gasteiger partial charge in [0.1, 0.15) is 17.6 Å². The molecule has 1 atom stereocenters. The van der Waals surface area contributed by atoms with E-state index in [4.69, 9.17) is 9.47 Å². The van der Waals surface area contributed by atoms with Crippen molar-refractivity contribution in [2.75, 3.05) is 12.4 Å². The largest absolute Gasteiger partial charge is 0.504 e. The number of phenolic OH excluding ortho intramolecular Hbond substituents is 1. The summed E-state index contributed by atoms with van der Waals surface area (Å²) < 4.78 is 12.1. The Bertz CT molecular complexity index is 1380. The fourth-order valence-electron chi connectivity index (χ4n) is 4.92. The molecule has 7 heteroatoms. The molecule has 0 radical (unpaired) electrons. The third kappa shape index (κ3) is 3.47. The quantitative estimate of drug-likeness (QED) is 0.384. The molecule has 6 nitrogen and oxygen atoms in total. The average Bonchev–Trinajstić information content (AvgIpc) is 3.25. The van der Waals surface area contributed by atoms with Gasteiger partial charge in [0.25, 0.3) is 0 Å². The molecule has 34 heavy (non-hydrogen) atoms. The summed E-state index contributed by atoms with van der Waals surface area (Å²) in [5.74, 6) is 1.69. The molecule has 2 aliphatic rings. The normalized spacial score (nSPS) is 17.4. The highest BCUT2D eigenvalue weighted by molar-refractivity contribution is 7.11. The first kappa shape index (κ1) is 22.2. The van der Waals surface area contributed by atoms with Gasteiger partial charge in [-0.25, -0.2) is 0 Å². The lowest BCUT2D eigenvalue weighted by Crippen LogP contribution is -2.32. The number of nitroso groups, excluding NO2 is 1. The lowest BCUT2D eigenvalue weighted by Gasteiger charge is -2.35. The molecule has 174 valence electrons. The molecule has 1 unspecified atom stereocenters. The second-order valence-electron chi connectivity index (χ2n) is 9.21. The van der Waals surface area contributed by atoms with Crippen molar-refractivity contribution < 1.29 is 14.6 Å². The zero-order valence-corrected chi connectivity index (χ0v) is 20.5. The second kappa shape index (κ2) is 8.02. The third-order valence-electron chi connectivity index (χ3n) is 6.27. The lowest BCUT2D eigenvalue weighted by molar-refractivity contribution is 0.371. The number of hydrogen-bond donors (Lipinski definition) is 2. The molecule has 0 amide bonds. The van der Waals surface area contributed by atoms with Crippen molar-refractivity contribution in [3.8, 4) is 28.4 Å². The Morgan fingerprint density at radius 1 is 1.18 bits per heavy atom. The molecule has 0 saturated heterocycles. The minimum Gasteiger partial charge on any atom is -0.504 e. The van der Waals surface area contributed by atoms with Gasteiger partial charge in [0.15, 0.2) is 11.5 Å². The maximum atomic E-state index is 11.3. The zero-order chi connectivity index (χ0) is 24.2. The molecule has 0 saturated carbocycles.